The van der Waals surface area contributed by atoms with E-state index in [4.69, 9.17) is 28.4 Å². The van der Waals surface area contributed by atoms with Crippen LogP contribution >= 0.6 is 0 Å². The number of ether oxygens (including phenoxy) is 6. The van der Waals surface area contributed by atoms with E-state index in [-0.39, 0.29) is 6.61 Å². The minimum atomic E-state index is -1.09. The second-order valence-corrected chi connectivity index (χ2v) is 8.43. The van der Waals surface area contributed by atoms with Crippen molar-refractivity contribution in [2.45, 2.75) is 37.0 Å². The van der Waals surface area contributed by atoms with E-state index in [1.54, 1.807) is 60.7 Å². The zero-order valence-electron chi connectivity index (χ0n) is 19.6. The quantitative estimate of drug-likeness (QED) is 0.481. The Balaban J connectivity index is 1.46. The number of esters is 2. The number of methoxy groups -OCH3 is 1. The SMILES string of the molecule is CO[C@H]1O[C@@H]2CO[C@H](c3ccccc3)O[C@@H]2[C@H](OC(=O)c2ccccc2)[C@H]1OC(=O)c1ccccc1. The zero-order valence-corrected chi connectivity index (χ0v) is 19.6. The van der Waals surface area contributed by atoms with Gasteiger partial charge in [-0.05, 0) is 24.3 Å². The summed E-state index contributed by atoms with van der Waals surface area (Å²) in [5.41, 5.74) is 1.50. The van der Waals surface area contributed by atoms with Gasteiger partial charge in [-0.3, -0.25) is 0 Å². The molecular formula is C28H26O8. The van der Waals surface area contributed by atoms with Crippen LogP contribution in [-0.2, 0) is 28.4 Å². The molecule has 3 aromatic carbocycles. The Hall–Kier alpha value is -3.56. The summed E-state index contributed by atoms with van der Waals surface area (Å²) in [6, 6.07) is 26.5. The maximum absolute atomic E-state index is 13.1. The van der Waals surface area contributed by atoms with E-state index in [0.717, 1.165) is 5.56 Å². The first-order valence-electron chi connectivity index (χ1n) is 11.7. The molecule has 2 aliphatic heterocycles. The zero-order chi connectivity index (χ0) is 24.9. The van der Waals surface area contributed by atoms with Crippen LogP contribution in [0.3, 0.4) is 0 Å². The van der Waals surface area contributed by atoms with Crippen molar-refractivity contribution in [1.29, 1.82) is 0 Å². The van der Waals surface area contributed by atoms with Crippen molar-refractivity contribution in [2.24, 2.45) is 0 Å². The second kappa shape index (κ2) is 11.0. The van der Waals surface area contributed by atoms with Crippen LogP contribution in [-0.4, -0.2) is 56.4 Å². The molecule has 0 saturated carbocycles. The van der Waals surface area contributed by atoms with Gasteiger partial charge in [-0.2, -0.15) is 0 Å². The normalized spacial score (nSPS) is 27.5. The average Bonchev–Trinajstić information content (AvgIpc) is 2.95. The average molecular weight is 491 g/mol. The van der Waals surface area contributed by atoms with Crippen molar-refractivity contribution in [3.05, 3.63) is 108 Å². The van der Waals surface area contributed by atoms with E-state index < -0.39 is 48.9 Å². The topological polar surface area (TPSA) is 89.5 Å². The first-order chi connectivity index (χ1) is 17.6. The van der Waals surface area contributed by atoms with E-state index >= 15 is 0 Å². The molecule has 2 saturated heterocycles. The maximum atomic E-state index is 13.1. The van der Waals surface area contributed by atoms with Crippen LogP contribution in [0.4, 0.5) is 0 Å². The molecule has 0 bridgehead atoms. The lowest BCUT2D eigenvalue weighted by molar-refractivity contribution is -0.356. The van der Waals surface area contributed by atoms with Crippen LogP contribution in [0.1, 0.15) is 32.6 Å². The highest BCUT2D eigenvalue weighted by molar-refractivity contribution is 5.90. The molecule has 6 atom stereocenters. The molecule has 3 aromatic rings. The molecule has 2 aliphatic rings. The molecule has 0 amide bonds. The Bertz CT molecular complexity index is 1150. The number of fused-ring (bicyclic) bond motifs is 1. The lowest BCUT2D eigenvalue weighted by Gasteiger charge is -2.47. The van der Waals surface area contributed by atoms with Crippen molar-refractivity contribution >= 4 is 11.9 Å². The van der Waals surface area contributed by atoms with E-state index in [1.165, 1.54) is 7.11 Å². The fraction of sp³-hybridized carbons (Fsp3) is 0.286. The standard InChI is InChI=1S/C28H26O8/c1-31-28-24(35-26(30)19-13-7-3-8-14-19)23(34-25(29)18-11-5-2-6-12-18)22-21(33-28)17-32-27(36-22)20-15-9-4-10-16-20/h2-16,21-24,27-28H,17H2,1H3/t21-,22+,23+,24-,27+,28+/m1/s1. The third-order valence-corrected chi connectivity index (χ3v) is 6.09. The molecule has 36 heavy (non-hydrogen) atoms. The van der Waals surface area contributed by atoms with Gasteiger partial charge in [0.25, 0.3) is 0 Å². The predicted octanol–water partition coefficient (Wildman–Crippen LogP) is 3.92. The van der Waals surface area contributed by atoms with E-state index in [2.05, 4.69) is 0 Å². The van der Waals surface area contributed by atoms with Crippen molar-refractivity contribution in [2.75, 3.05) is 13.7 Å². The molecule has 0 spiro atoms. The van der Waals surface area contributed by atoms with Gasteiger partial charge in [-0.1, -0.05) is 66.7 Å². The molecular weight excluding hydrogens is 464 g/mol. The molecule has 8 nitrogen and oxygen atoms in total. The van der Waals surface area contributed by atoms with Crippen molar-refractivity contribution < 1.29 is 38.0 Å². The van der Waals surface area contributed by atoms with Gasteiger partial charge in [0, 0.05) is 12.7 Å². The van der Waals surface area contributed by atoms with Gasteiger partial charge in [0.1, 0.15) is 12.2 Å². The Morgan fingerprint density at radius 1 is 0.722 bits per heavy atom. The van der Waals surface area contributed by atoms with Crippen LogP contribution in [0.5, 0.6) is 0 Å². The van der Waals surface area contributed by atoms with E-state index in [0.29, 0.717) is 11.1 Å². The first-order valence-corrected chi connectivity index (χ1v) is 11.7. The summed E-state index contributed by atoms with van der Waals surface area (Å²) in [4.78, 5) is 26.1. The van der Waals surface area contributed by atoms with Gasteiger partial charge in [0.2, 0.25) is 0 Å². The van der Waals surface area contributed by atoms with Gasteiger partial charge in [-0.15, -0.1) is 0 Å². The Morgan fingerprint density at radius 3 is 1.81 bits per heavy atom. The molecule has 0 radical (unpaired) electrons. The summed E-state index contributed by atoms with van der Waals surface area (Å²) in [7, 11) is 1.43. The van der Waals surface area contributed by atoms with Crippen molar-refractivity contribution in [3.8, 4) is 0 Å². The number of hydrogen-bond acceptors (Lipinski definition) is 8. The lowest BCUT2D eigenvalue weighted by Crippen LogP contribution is -2.64. The molecule has 0 N–H and O–H groups in total. The fourth-order valence-corrected chi connectivity index (χ4v) is 4.31. The highest BCUT2D eigenvalue weighted by Gasteiger charge is 2.54. The minimum Gasteiger partial charge on any atom is -0.452 e. The molecule has 0 aromatic heterocycles. The number of benzene rings is 3. The summed E-state index contributed by atoms with van der Waals surface area (Å²) in [6.45, 7) is 0.169. The third-order valence-electron chi connectivity index (χ3n) is 6.09. The third kappa shape index (κ3) is 5.17. The van der Waals surface area contributed by atoms with Gasteiger partial charge >= 0.3 is 11.9 Å². The van der Waals surface area contributed by atoms with E-state index in [9.17, 15) is 9.59 Å². The minimum absolute atomic E-state index is 0.169. The first kappa shape index (κ1) is 24.1. The largest absolute Gasteiger partial charge is 0.452 e. The van der Waals surface area contributed by atoms with Crippen LogP contribution in [0.15, 0.2) is 91.0 Å². The monoisotopic (exact) mass is 490 g/mol. The smallest absolute Gasteiger partial charge is 0.338 e. The highest BCUT2D eigenvalue weighted by Crippen LogP contribution is 2.37. The van der Waals surface area contributed by atoms with Gasteiger partial charge in [0.15, 0.2) is 24.8 Å². The van der Waals surface area contributed by atoms with Gasteiger partial charge < -0.3 is 28.4 Å². The number of carbonyl (C=O) groups is 2. The summed E-state index contributed by atoms with van der Waals surface area (Å²) >= 11 is 0. The molecule has 8 heteroatoms. The summed E-state index contributed by atoms with van der Waals surface area (Å²) < 4.78 is 35.5. The Morgan fingerprint density at radius 2 is 1.25 bits per heavy atom. The van der Waals surface area contributed by atoms with Gasteiger partial charge in [-0.25, -0.2) is 9.59 Å². The predicted molar refractivity (Wildman–Crippen MR) is 127 cm³/mol. The number of hydrogen-bond donors (Lipinski definition) is 0. The summed E-state index contributed by atoms with van der Waals surface area (Å²) in [5, 5.41) is 0. The second-order valence-electron chi connectivity index (χ2n) is 8.43. The molecule has 0 unspecified atom stereocenters. The Labute approximate surface area is 208 Å². The molecule has 0 aliphatic carbocycles. The fourth-order valence-electron chi connectivity index (χ4n) is 4.31. The molecule has 5 rings (SSSR count). The summed E-state index contributed by atoms with van der Waals surface area (Å²) in [6.07, 6.45) is -5.23. The number of rotatable bonds is 6. The van der Waals surface area contributed by atoms with Crippen LogP contribution in [0.2, 0.25) is 0 Å². The van der Waals surface area contributed by atoms with Crippen molar-refractivity contribution in [3.63, 3.8) is 0 Å². The molecule has 2 heterocycles. The van der Waals surface area contributed by atoms with E-state index in [1.807, 2.05) is 30.3 Å². The van der Waals surface area contributed by atoms with Gasteiger partial charge in [0.05, 0.1) is 17.7 Å². The van der Waals surface area contributed by atoms with Crippen LogP contribution in [0.25, 0.3) is 0 Å². The highest BCUT2D eigenvalue weighted by atomic mass is 16.8. The Kier molecular flexibility index (Phi) is 7.39. The van der Waals surface area contributed by atoms with Crippen molar-refractivity contribution in [1.82, 2.24) is 0 Å². The maximum Gasteiger partial charge on any atom is 0.338 e. The van der Waals surface area contributed by atoms with Crippen LogP contribution < -0.4 is 0 Å². The lowest BCUT2D eigenvalue weighted by atomic mass is 9.97. The molecule has 186 valence electrons. The van der Waals surface area contributed by atoms with Crippen LogP contribution in [0, 0.1) is 0 Å². The summed E-state index contributed by atoms with van der Waals surface area (Å²) in [5.74, 6) is -1.18. The number of carbonyl (C=O) groups excluding carboxylic acids is 2. The molecule has 2 fully saturated rings.